The molecule has 0 bridgehead atoms. The van der Waals surface area contributed by atoms with Gasteiger partial charge in [0.2, 0.25) is 0 Å². The van der Waals surface area contributed by atoms with Gasteiger partial charge in [-0.25, -0.2) is 0 Å². The van der Waals surface area contributed by atoms with E-state index in [0.717, 1.165) is 5.56 Å². The maximum absolute atomic E-state index is 10.6. The summed E-state index contributed by atoms with van der Waals surface area (Å²) >= 11 is 0. The molecule has 0 aliphatic carbocycles. The van der Waals surface area contributed by atoms with Gasteiger partial charge in [-0.3, -0.25) is 10.1 Å². The van der Waals surface area contributed by atoms with Gasteiger partial charge in [-0.05, 0) is 30.2 Å². The van der Waals surface area contributed by atoms with Crippen LogP contribution in [-0.4, -0.2) is 19.1 Å². The number of ether oxygens (including phenoxy) is 2. The summed E-state index contributed by atoms with van der Waals surface area (Å²) in [5, 5.41) is 10.6. The third-order valence-electron chi connectivity index (χ3n) is 3.06. The third-order valence-corrected chi connectivity index (χ3v) is 3.06. The second-order valence-corrected chi connectivity index (χ2v) is 4.43. The summed E-state index contributed by atoms with van der Waals surface area (Å²) in [4.78, 5) is 10.00. The Balaban J connectivity index is 2.14. The number of nitrogens with two attached hydrogens (primary N) is 1. The first-order valence-electron chi connectivity index (χ1n) is 6.25. The number of nitrogens with zero attached hydrogens (tertiary/aromatic N) is 1. The molecule has 112 valence electrons. The molecule has 1 aromatic heterocycles. The molecule has 7 heteroatoms. The van der Waals surface area contributed by atoms with E-state index in [1.54, 1.807) is 20.3 Å². The minimum atomic E-state index is -0.591. The van der Waals surface area contributed by atoms with Crippen molar-refractivity contribution < 1.29 is 18.8 Å². The summed E-state index contributed by atoms with van der Waals surface area (Å²) in [6, 6.07) is 7.80. The summed E-state index contributed by atoms with van der Waals surface area (Å²) in [5.41, 5.74) is 6.93. The van der Waals surface area contributed by atoms with E-state index in [-0.39, 0.29) is 5.88 Å². The maximum Gasteiger partial charge on any atom is 0.433 e. The molecule has 7 nitrogen and oxygen atoms in total. The molecule has 0 spiro atoms. The van der Waals surface area contributed by atoms with E-state index < -0.39 is 11.0 Å². The monoisotopic (exact) mass is 292 g/mol. The van der Waals surface area contributed by atoms with Crippen LogP contribution in [0.3, 0.4) is 0 Å². The van der Waals surface area contributed by atoms with Crippen LogP contribution >= 0.6 is 0 Å². The molecule has 2 N–H and O–H groups in total. The lowest BCUT2D eigenvalue weighted by atomic mass is 10.0. The van der Waals surface area contributed by atoms with Gasteiger partial charge < -0.3 is 19.6 Å². The lowest BCUT2D eigenvalue weighted by Crippen LogP contribution is -2.12. The second-order valence-electron chi connectivity index (χ2n) is 4.43. The van der Waals surface area contributed by atoms with Crippen LogP contribution in [0, 0.1) is 10.1 Å². The van der Waals surface area contributed by atoms with Crippen LogP contribution in [0.15, 0.2) is 34.7 Å². The molecule has 1 aromatic carbocycles. The summed E-state index contributed by atoms with van der Waals surface area (Å²) < 4.78 is 15.5. The Morgan fingerprint density at radius 2 is 1.95 bits per heavy atom. The van der Waals surface area contributed by atoms with Gasteiger partial charge >= 0.3 is 5.88 Å². The van der Waals surface area contributed by atoms with Crippen molar-refractivity contribution >= 4 is 5.88 Å². The van der Waals surface area contributed by atoms with E-state index in [9.17, 15) is 10.1 Å². The highest BCUT2D eigenvalue weighted by molar-refractivity contribution is 5.43. The van der Waals surface area contributed by atoms with Gasteiger partial charge in [0.25, 0.3) is 0 Å². The zero-order valence-corrected chi connectivity index (χ0v) is 11.7. The first kappa shape index (κ1) is 14.9. The second kappa shape index (κ2) is 6.27. The lowest BCUT2D eigenvalue weighted by molar-refractivity contribution is -0.402. The van der Waals surface area contributed by atoms with Crippen LogP contribution in [0.2, 0.25) is 0 Å². The molecule has 0 fully saturated rings. The summed E-state index contributed by atoms with van der Waals surface area (Å²) in [6.45, 7) is 0. The van der Waals surface area contributed by atoms with Crippen molar-refractivity contribution in [3.05, 3.63) is 51.8 Å². The van der Waals surface area contributed by atoms with E-state index in [2.05, 4.69) is 0 Å². The minimum Gasteiger partial charge on any atom is -0.493 e. The zero-order valence-electron chi connectivity index (χ0n) is 11.7. The van der Waals surface area contributed by atoms with Gasteiger partial charge in [0.05, 0.1) is 26.3 Å². The highest BCUT2D eigenvalue weighted by atomic mass is 16.6. The predicted octanol–water partition coefficient (Wildman–Crippen LogP) is 2.45. The molecule has 0 saturated carbocycles. The molecule has 0 saturated heterocycles. The topological polar surface area (TPSA) is 101 Å². The number of hydrogen-bond acceptors (Lipinski definition) is 6. The molecular weight excluding hydrogens is 276 g/mol. The lowest BCUT2D eigenvalue weighted by Gasteiger charge is -2.12. The van der Waals surface area contributed by atoms with Gasteiger partial charge in [0, 0.05) is 0 Å². The molecule has 2 aromatic rings. The standard InChI is InChI=1S/C14H16N2O5/c1-19-12-4-3-9(8-13(12)20-2)7-10(15)11-5-6-14(21-11)16(17)18/h3-6,8,10H,7,15H2,1-2H3. The number of methoxy groups -OCH3 is 2. The van der Waals surface area contributed by atoms with E-state index in [1.807, 2.05) is 12.1 Å². The molecule has 2 rings (SSSR count). The minimum absolute atomic E-state index is 0.312. The van der Waals surface area contributed by atoms with Crippen molar-refractivity contribution in [1.29, 1.82) is 0 Å². The fourth-order valence-corrected chi connectivity index (χ4v) is 2.00. The number of furan rings is 1. The predicted molar refractivity (Wildman–Crippen MR) is 75.5 cm³/mol. The van der Waals surface area contributed by atoms with Crippen molar-refractivity contribution in [2.45, 2.75) is 12.5 Å². The van der Waals surface area contributed by atoms with E-state index in [1.165, 1.54) is 12.1 Å². The molecule has 1 heterocycles. The van der Waals surface area contributed by atoms with E-state index in [4.69, 9.17) is 19.6 Å². The van der Waals surface area contributed by atoms with Gasteiger partial charge in [-0.1, -0.05) is 6.07 Å². The zero-order chi connectivity index (χ0) is 15.4. The highest BCUT2D eigenvalue weighted by Gasteiger charge is 2.17. The number of hydrogen-bond donors (Lipinski definition) is 1. The highest BCUT2D eigenvalue weighted by Crippen LogP contribution is 2.30. The number of benzene rings is 1. The largest absolute Gasteiger partial charge is 0.493 e. The van der Waals surface area contributed by atoms with Gasteiger partial charge in [-0.2, -0.15) is 0 Å². The summed E-state index contributed by atoms with van der Waals surface area (Å²) in [5.74, 6) is 1.29. The molecule has 0 aliphatic heterocycles. The maximum atomic E-state index is 10.6. The van der Waals surface area contributed by atoms with Crippen molar-refractivity contribution in [2.75, 3.05) is 14.2 Å². The van der Waals surface area contributed by atoms with Gasteiger partial charge in [-0.15, -0.1) is 0 Å². The summed E-state index contributed by atoms with van der Waals surface area (Å²) in [7, 11) is 3.11. The normalized spacial score (nSPS) is 12.0. The number of nitro groups is 1. The Bertz CT molecular complexity index is 638. The Kier molecular flexibility index (Phi) is 4.44. The van der Waals surface area contributed by atoms with Gasteiger partial charge in [0.15, 0.2) is 11.5 Å². The Hall–Kier alpha value is -2.54. The molecule has 0 aliphatic rings. The Morgan fingerprint density at radius 3 is 2.52 bits per heavy atom. The third kappa shape index (κ3) is 3.32. The van der Waals surface area contributed by atoms with E-state index in [0.29, 0.717) is 23.7 Å². The quantitative estimate of drug-likeness (QED) is 0.648. The van der Waals surface area contributed by atoms with Crippen LogP contribution in [0.4, 0.5) is 5.88 Å². The van der Waals surface area contributed by atoms with Crippen molar-refractivity contribution in [2.24, 2.45) is 5.73 Å². The average Bonchev–Trinajstić information content (AvgIpc) is 2.97. The molecule has 0 radical (unpaired) electrons. The molecule has 1 atom stereocenters. The van der Waals surface area contributed by atoms with Gasteiger partial charge in [0.1, 0.15) is 10.7 Å². The van der Waals surface area contributed by atoms with Crippen LogP contribution in [0.1, 0.15) is 17.4 Å². The number of rotatable bonds is 6. The van der Waals surface area contributed by atoms with E-state index >= 15 is 0 Å². The van der Waals surface area contributed by atoms with Crippen molar-refractivity contribution in [3.8, 4) is 11.5 Å². The first-order valence-corrected chi connectivity index (χ1v) is 6.25. The SMILES string of the molecule is COc1ccc(CC(N)c2ccc([N+](=O)[O-])o2)cc1OC. The van der Waals surface area contributed by atoms with Crippen LogP contribution < -0.4 is 15.2 Å². The smallest absolute Gasteiger partial charge is 0.433 e. The average molecular weight is 292 g/mol. The molecule has 0 amide bonds. The molecular formula is C14H16N2O5. The molecule has 1 unspecified atom stereocenters. The first-order chi connectivity index (χ1) is 10.0. The fraction of sp³-hybridized carbons (Fsp3) is 0.286. The van der Waals surface area contributed by atoms with Crippen molar-refractivity contribution in [1.82, 2.24) is 0 Å². The summed E-state index contributed by atoms with van der Waals surface area (Å²) in [6.07, 6.45) is 0.463. The van der Waals surface area contributed by atoms with Crippen molar-refractivity contribution in [3.63, 3.8) is 0 Å². The van der Waals surface area contributed by atoms with Crippen LogP contribution in [0.5, 0.6) is 11.5 Å². The Morgan fingerprint density at radius 1 is 1.24 bits per heavy atom. The van der Waals surface area contributed by atoms with Crippen LogP contribution in [-0.2, 0) is 6.42 Å². The Labute approximate surface area is 121 Å². The molecule has 21 heavy (non-hydrogen) atoms. The van der Waals surface area contributed by atoms with Crippen LogP contribution in [0.25, 0.3) is 0 Å². The fourth-order valence-electron chi connectivity index (χ4n) is 2.00.